The van der Waals surface area contributed by atoms with E-state index >= 15 is 0 Å². The Labute approximate surface area is 326 Å². The van der Waals surface area contributed by atoms with E-state index in [2.05, 4.69) is 140 Å². The van der Waals surface area contributed by atoms with Crippen LogP contribution in [0.4, 0.5) is 0 Å². The molecule has 4 heteroatoms. The average molecular weight is 725 g/mol. The third kappa shape index (κ3) is 4.99. The van der Waals surface area contributed by atoms with E-state index in [4.69, 9.17) is 19.9 Å². The summed E-state index contributed by atoms with van der Waals surface area (Å²) in [7, 11) is 0. The van der Waals surface area contributed by atoms with Crippen LogP contribution in [-0.2, 0) is 11.8 Å². The highest BCUT2D eigenvalue weighted by Crippen LogP contribution is 2.61. The molecule has 0 bridgehead atoms. The van der Waals surface area contributed by atoms with Gasteiger partial charge < -0.3 is 14.9 Å². The summed E-state index contributed by atoms with van der Waals surface area (Å²) in [5.41, 5.74) is 23.6. The number of allylic oxidation sites excluding steroid dienone is 7. The van der Waals surface area contributed by atoms with E-state index in [-0.39, 0.29) is 12.1 Å². The van der Waals surface area contributed by atoms with E-state index in [1.165, 1.54) is 50.1 Å². The Morgan fingerprint density at radius 2 is 1.48 bits per heavy atom. The number of nitrogens with zero attached hydrogens (tertiary/aromatic N) is 1. The Hall–Kier alpha value is -6.49. The van der Waals surface area contributed by atoms with Crippen LogP contribution in [0.15, 0.2) is 190 Å². The fourth-order valence-electron chi connectivity index (χ4n) is 9.93. The molecule has 1 aliphatic heterocycles. The molecule has 6 aromatic carbocycles. The third-order valence-corrected chi connectivity index (χ3v) is 12.4. The van der Waals surface area contributed by atoms with Crippen molar-refractivity contribution in [2.75, 3.05) is 6.67 Å². The number of aliphatic imine (C=N–C) groups is 1. The van der Waals surface area contributed by atoms with Crippen LogP contribution in [0.25, 0.3) is 38.6 Å². The summed E-state index contributed by atoms with van der Waals surface area (Å²) in [6.07, 6.45) is 11.9. The van der Waals surface area contributed by atoms with Crippen molar-refractivity contribution in [2.24, 2.45) is 10.7 Å². The minimum absolute atomic E-state index is 0.199. The van der Waals surface area contributed by atoms with Crippen molar-refractivity contribution in [1.29, 1.82) is 0 Å². The highest BCUT2D eigenvalue weighted by molar-refractivity contribution is 6.15. The third-order valence-electron chi connectivity index (χ3n) is 12.4. The van der Waals surface area contributed by atoms with Crippen LogP contribution in [0.1, 0.15) is 59.1 Å². The minimum Gasteiger partial charge on any atom is -0.456 e. The van der Waals surface area contributed by atoms with Crippen LogP contribution >= 0.6 is 0 Å². The predicted molar refractivity (Wildman–Crippen MR) is 228 cm³/mol. The SMILES string of the molecule is NC/N=C(\c1ccc(-c2ccc3c(c2)CC2=C(O3)C3=C(CC2)C(C2=CC=CCC2)(c2ccccc2)c2ccccc23)cc1)c1ccc2c(c1)oc1ccccc12. The number of fused-ring (bicyclic) bond motifs is 7. The zero-order valence-corrected chi connectivity index (χ0v) is 31.1. The zero-order valence-electron chi connectivity index (χ0n) is 31.1. The topological polar surface area (TPSA) is 60.8 Å². The van der Waals surface area contributed by atoms with Gasteiger partial charge in [-0.25, -0.2) is 0 Å². The van der Waals surface area contributed by atoms with Crippen LogP contribution in [-0.4, -0.2) is 12.4 Å². The fraction of sp³-hybridized carbons (Fsp3) is 0.135. The molecular weight excluding hydrogens is 685 g/mol. The normalized spacial score (nSPS) is 18.7. The molecule has 270 valence electrons. The first-order chi connectivity index (χ1) is 27.7. The second kappa shape index (κ2) is 13.1. The van der Waals surface area contributed by atoms with Crippen molar-refractivity contribution < 1.29 is 9.15 Å². The maximum Gasteiger partial charge on any atom is 0.136 e. The van der Waals surface area contributed by atoms with Gasteiger partial charge in [-0.05, 0) is 101 Å². The standard InChI is InChI=1S/C52H40N2O2/c53-32-54-50(36-23-26-42-41-15-8-10-18-47(41)55-48(42)31-36)34-21-19-33(20-22-34)35-25-28-46-38(29-35)30-37-24-27-45-49(51(37)56-46)43-16-7-9-17-44(43)52(45,39-11-3-1-4-12-39)40-13-5-2-6-14-40/h1-5,7-13,15-23,25-26,28-29,31H,6,14,24,27,30,32,53H2/b54-50+. The van der Waals surface area contributed by atoms with Crippen LogP contribution in [0, 0.1) is 0 Å². The second-order valence-corrected chi connectivity index (χ2v) is 15.3. The lowest BCUT2D eigenvalue weighted by Crippen LogP contribution is -2.32. The molecule has 4 nitrogen and oxygen atoms in total. The molecule has 0 spiro atoms. The average Bonchev–Trinajstić information content (AvgIpc) is 3.79. The molecule has 2 N–H and O–H groups in total. The summed E-state index contributed by atoms with van der Waals surface area (Å²) >= 11 is 0. The van der Waals surface area contributed by atoms with Crippen LogP contribution < -0.4 is 10.5 Å². The summed E-state index contributed by atoms with van der Waals surface area (Å²) in [6.45, 7) is 0.199. The van der Waals surface area contributed by atoms with Crippen molar-refractivity contribution in [3.8, 4) is 16.9 Å². The highest BCUT2D eigenvalue weighted by atomic mass is 16.5. The number of para-hydroxylation sites is 1. The van der Waals surface area contributed by atoms with Gasteiger partial charge >= 0.3 is 0 Å². The van der Waals surface area contributed by atoms with E-state index in [0.717, 1.165) is 88.0 Å². The maximum absolute atomic E-state index is 7.04. The van der Waals surface area contributed by atoms with Crippen LogP contribution in [0.2, 0.25) is 0 Å². The van der Waals surface area contributed by atoms with Crippen LogP contribution in [0.5, 0.6) is 5.75 Å². The summed E-state index contributed by atoms with van der Waals surface area (Å²) in [4.78, 5) is 4.73. The highest BCUT2D eigenvalue weighted by Gasteiger charge is 2.51. The van der Waals surface area contributed by atoms with E-state index in [0.29, 0.717) is 0 Å². The summed E-state index contributed by atoms with van der Waals surface area (Å²) in [5.74, 6) is 2.02. The molecule has 0 saturated carbocycles. The molecule has 2 heterocycles. The first-order valence-corrected chi connectivity index (χ1v) is 19.8. The number of hydrogen-bond acceptors (Lipinski definition) is 4. The Morgan fingerprint density at radius 3 is 2.34 bits per heavy atom. The molecule has 0 radical (unpaired) electrons. The molecule has 0 amide bonds. The maximum atomic E-state index is 7.04. The van der Waals surface area contributed by atoms with Gasteiger partial charge in [-0.1, -0.05) is 133 Å². The van der Waals surface area contributed by atoms with Crippen molar-refractivity contribution in [1.82, 2.24) is 0 Å². The smallest absolute Gasteiger partial charge is 0.136 e. The molecular formula is C52H40N2O2. The molecule has 7 aromatic rings. The van der Waals surface area contributed by atoms with Gasteiger partial charge in [-0.3, -0.25) is 4.99 Å². The molecule has 56 heavy (non-hydrogen) atoms. The molecule has 1 unspecified atom stereocenters. The van der Waals surface area contributed by atoms with E-state index in [1.807, 2.05) is 18.2 Å². The minimum atomic E-state index is -0.287. The first kappa shape index (κ1) is 32.9. The first-order valence-electron chi connectivity index (χ1n) is 19.8. The lowest BCUT2D eigenvalue weighted by molar-refractivity contribution is 0.415. The van der Waals surface area contributed by atoms with E-state index in [1.54, 1.807) is 0 Å². The Kier molecular flexibility index (Phi) is 7.68. The number of ether oxygens (including phenoxy) is 1. The summed E-state index contributed by atoms with van der Waals surface area (Å²) in [6, 6.07) is 50.0. The Morgan fingerprint density at radius 1 is 0.696 bits per heavy atom. The Bertz CT molecular complexity index is 2880. The molecule has 3 aliphatic carbocycles. The number of furan rings is 1. The van der Waals surface area contributed by atoms with Gasteiger partial charge in [0, 0.05) is 33.9 Å². The molecule has 0 fully saturated rings. The van der Waals surface area contributed by atoms with Gasteiger partial charge in [0.2, 0.25) is 0 Å². The van der Waals surface area contributed by atoms with Crippen molar-refractivity contribution >= 4 is 33.2 Å². The largest absolute Gasteiger partial charge is 0.456 e. The Balaban J connectivity index is 0.928. The lowest BCUT2D eigenvalue weighted by Gasteiger charge is -2.40. The number of hydrogen-bond donors (Lipinski definition) is 1. The van der Waals surface area contributed by atoms with Gasteiger partial charge in [0.1, 0.15) is 22.7 Å². The van der Waals surface area contributed by atoms with Gasteiger partial charge in [0.15, 0.2) is 0 Å². The molecule has 0 saturated heterocycles. The fourth-order valence-corrected chi connectivity index (χ4v) is 9.93. The molecule has 11 rings (SSSR count). The quantitative estimate of drug-likeness (QED) is 0.174. The number of benzene rings is 6. The van der Waals surface area contributed by atoms with E-state index in [9.17, 15) is 0 Å². The zero-order chi connectivity index (χ0) is 37.2. The van der Waals surface area contributed by atoms with Crippen molar-refractivity contribution in [3.63, 3.8) is 0 Å². The molecule has 1 atom stereocenters. The lowest BCUT2D eigenvalue weighted by atomic mass is 9.63. The predicted octanol–water partition coefficient (Wildman–Crippen LogP) is 12.0. The number of rotatable bonds is 6. The van der Waals surface area contributed by atoms with Gasteiger partial charge in [-0.15, -0.1) is 0 Å². The van der Waals surface area contributed by atoms with Gasteiger partial charge in [0.05, 0.1) is 17.8 Å². The van der Waals surface area contributed by atoms with Crippen molar-refractivity contribution in [2.45, 2.75) is 37.5 Å². The van der Waals surface area contributed by atoms with E-state index < -0.39 is 0 Å². The second-order valence-electron chi connectivity index (χ2n) is 15.3. The molecule has 4 aliphatic rings. The molecule has 1 aromatic heterocycles. The number of nitrogens with two attached hydrogens (primary N) is 1. The van der Waals surface area contributed by atoms with Crippen LogP contribution in [0.3, 0.4) is 0 Å². The van der Waals surface area contributed by atoms with Gasteiger partial charge in [-0.2, -0.15) is 0 Å². The summed E-state index contributed by atoms with van der Waals surface area (Å²) in [5, 5.41) is 2.21. The van der Waals surface area contributed by atoms with Gasteiger partial charge in [0.25, 0.3) is 0 Å². The monoisotopic (exact) mass is 724 g/mol. The van der Waals surface area contributed by atoms with Crippen molar-refractivity contribution in [3.05, 3.63) is 214 Å². The summed E-state index contributed by atoms with van der Waals surface area (Å²) < 4.78 is 13.2.